The summed E-state index contributed by atoms with van der Waals surface area (Å²) in [6, 6.07) is 6.36. The topological polar surface area (TPSA) is 170 Å². The highest BCUT2D eigenvalue weighted by atomic mass is 16.5. The number of ketones is 2. The van der Waals surface area contributed by atoms with Crippen LogP contribution in [0.25, 0.3) is 0 Å². The van der Waals surface area contributed by atoms with Gasteiger partial charge in [-0.05, 0) is 63.5 Å². The van der Waals surface area contributed by atoms with Crippen molar-refractivity contribution in [3.05, 3.63) is 47.5 Å². The second-order valence-electron chi connectivity index (χ2n) is 13.6. The first kappa shape index (κ1) is 39.0. The number of hydrogen-bond donors (Lipinski definition) is 2. The zero-order valence-electron chi connectivity index (χ0n) is 28.5. The number of carbonyl (C=O) groups is 7. The van der Waals surface area contributed by atoms with Gasteiger partial charge in [-0.2, -0.15) is 0 Å². The van der Waals surface area contributed by atoms with Gasteiger partial charge in [0, 0.05) is 50.3 Å². The molecule has 1 aliphatic heterocycles. The van der Waals surface area contributed by atoms with Crippen molar-refractivity contribution in [2.24, 2.45) is 23.0 Å². The molecule has 0 spiro atoms. The molecule has 0 saturated heterocycles. The third kappa shape index (κ3) is 14.0. The number of benzene rings is 1. The Morgan fingerprint density at radius 2 is 1.45 bits per heavy atom. The summed E-state index contributed by atoms with van der Waals surface area (Å²) in [4.78, 5) is 87.5. The van der Waals surface area contributed by atoms with Crippen molar-refractivity contribution in [3.8, 4) is 0 Å². The molecule has 0 aliphatic carbocycles. The SMILES string of the molecule is CC(C)[C@H](CC(=O)CCCCCN1C(=O)C=CC1=O)C(=O)N[C@@H](CCCCC(N)=O)C(=O)Cc1ccc(COC(=O)C(C)(C)C)cc1. The van der Waals surface area contributed by atoms with Crippen molar-refractivity contribution < 1.29 is 38.3 Å². The minimum Gasteiger partial charge on any atom is -0.460 e. The summed E-state index contributed by atoms with van der Waals surface area (Å²) in [6.45, 7) is 9.49. The van der Waals surface area contributed by atoms with Crippen molar-refractivity contribution in [3.63, 3.8) is 0 Å². The van der Waals surface area contributed by atoms with Gasteiger partial charge in [0.25, 0.3) is 11.8 Å². The van der Waals surface area contributed by atoms with Gasteiger partial charge in [-0.25, -0.2) is 0 Å². The van der Waals surface area contributed by atoms with Gasteiger partial charge in [0.1, 0.15) is 12.4 Å². The number of unbranched alkanes of at least 4 members (excludes halogenated alkanes) is 3. The van der Waals surface area contributed by atoms with Crippen LogP contribution in [0, 0.1) is 17.3 Å². The van der Waals surface area contributed by atoms with Crippen LogP contribution in [0.5, 0.6) is 0 Å². The van der Waals surface area contributed by atoms with Crippen LogP contribution in [0.1, 0.15) is 104 Å². The van der Waals surface area contributed by atoms with Gasteiger partial charge in [0.2, 0.25) is 11.8 Å². The third-order valence-corrected chi connectivity index (χ3v) is 8.08. The number of nitrogens with zero attached hydrogens (tertiary/aromatic N) is 1. The number of esters is 1. The van der Waals surface area contributed by atoms with E-state index in [2.05, 4.69) is 5.32 Å². The van der Waals surface area contributed by atoms with Crippen LogP contribution < -0.4 is 11.1 Å². The van der Waals surface area contributed by atoms with Gasteiger partial charge in [0.05, 0.1) is 11.5 Å². The summed E-state index contributed by atoms with van der Waals surface area (Å²) in [5.74, 6) is -2.78. The Balaban J connectivity index is 1.95. The second-order valence-corrected chi connectivity index (χ2v) is 13.6. The molecule has 2 rings (SSSR count). The van der Waals surface area contributed by atoms with Crippen LogP contribution in [-0.2, 0) is 51.3 Å². The molecule has 11 heteroatoms. The lowest BCUT2D eigenvalue weighted by molar-refractivity contribution is -0.154. The van der Waals surface area contributed by atoms with Gasteiger partial charge in [0.15, 0.2) is 5.78 Å². The molecule has 1 aliphatic rings. The van der Waals surface area contributed by atoms with Gasteiger partial charge in [-0.15, -0.1) is 0 Å². The maximum absolute atomic E-state index is 13.4. The molecule has 3 N–H and O–H groups in total. The zero-order valence-corrected chi connectivity index (χ0v) is 28.5. The fourth-order valence-corrected chi connectivity index (χ4v) is 5.08. The van der Waals surface area contributed by atoms with Crippen molar-refractivity contribution >= 4 is 41.2 Å². The normalized spacial score (nSPS) is 14.3. The number of nitrogens with one attached hydrogen (secondary N) is 1. The van der Waals surface area contributed by atoms with Crippen LogP contribution in [0.3, 0.4) is 0 Å². The maximum Gasteiger partial charge on any atom is 0.311 e. The van der Waals surface area contributed by atoms with E-state index in [0.717, 1.165) is 11.1 Å². The molecular formula is C36H51N3O8. The van der Waals surface area contributed by atoms with E-state index in [1.54, 1.807) is 45.0 Å². The second kappa shape index (κ2) is 18.9. The van der Waals surface area contributed by atoms with E-state index in [4.69, 9.17) is 10.5 Å². The van der Waals surface area contributed by atoms with Gasteiger partial charge in [-0.3, -0.25) is 38.5 Å². The van der Waals surface area contributed by atoms with Gasteiger partial charge in [-0.1, -0.05) is 51.0 Å². The fourth-order valence-electron chi connectivity index (χ4n) is 5.08. The fraction of sp³-hybridized carbons (Fsp3) is 0.583. The molecule has 1 aromatic carbocycles. The number of nitrogens with two attached hydrogens (primary N) is 1. The highest BCUT2D eigenvalue weighted by Gasteiger charge is 2.29. The molecule has 0 bridgehead atoms. The Morgan fingerprint density at radius 1 is 0.851 bits per heavy atom. The van der Waals surface area contributed by atoms with Crippen molar-refractivity contribution in [2.75, 3.05) is 6.54 Å². The van der Waals surface area contributed by atoms with Crippen LogP contribution in [0.15, 0.2) is 36.4 Å². The molecule has 4 amide bonds. The monoisotopic (exact) mass is 653 g/mol. The lowest BCUT2D eigenvalue weighted by atomic mass is 9.88. The van der Waals surface area contributed by atoms with Crippen molar-refractivity contribution in [2.45, 2.75) is 111 Å². The first-order chi connectivity index (χ1) is 22.1. The summed E-state index contributed by atoms with van der Waals surface area (Å²) < 4.78 is 5.36. The number of primary amides is 1. The van der Waals surface area contributed by atoms with E-state index in [1.807, 2.05) is 13.8 Å². The number of carbonyl (C=O) groups excluding carboxylic acids is 7. The predicted molar refractivity (Wildman–Crippen MR) is 176 cm³/mol. The molecule has 0 fully saturated rings. The highest BCUT2D eigenvalue weighted by Crippen LogP contribution is 2.20. The number of ether oxygens (including phenoxy) is 1. The van der Waals surface area contributed by atoms with Crippen LogP contribution in [0.2, 0.25) is 0 Å². The Morgan fingerprint density at radius 3 is 2.02 bits per heavy atom. The number of hydrogen-bond acceptors (Lipinski definition) is 8. The highest BCUT2D eigenvalue weighted by molar-refractivity contribution is 6.12. The van der Waals surface area contributed by atoms with Gasteiger partial charge >= 0.3 is 5.97 Å². The lowest BCUT2D eigenvalue weighted by Gasteiger charge is -2.24. The maximum atomic E-state index is 13.4. The standard InChI is InChI=1S/C36H51N3O8/c1-24(2)28(22-27(40)11-7-6-10-20-39-32(43)18-19-33(39)44)34(45)38-29(12-8-9-13-31(37)42)30(41)21-25-14-16-26(17-15-25)23-47-35(46)36(3,4)5/h14-19,24,28-29H,6-13,20-23H2,1-5H3,(H2,37,42)(H,38,45)/t28-,29-/m0/s1. The quantitative estimate of drug-likeness (QED) is 0.113. The Kier molecular flexibility index (Phi) is 15.7. The molecule has 258 valence electrons. The number of amides is 4. The number of Topliss-reactive ketones (excluding diaryl/α,β-unsaturated/α-hetero) is 2. The minimum absolute atomic E-state index is 0.0420. The first-order valence-electron chi connectivity index (χ1n) is 16.5. The zero-order chi connectivity index (χ0) is 35.1. The van der Waals surface area contributed by atoms with Crippen LogP contribution >= 0.6 is 0 Å². The largest absolute Gasteiger partial charge is 0.460 e. The molecule has 2 atom stereocenters. The Hall–Kier alpha value is -4.15. The lowest BCUT2D eigenvalue weighted by Crippen LogP contribution is -2.45. The van der Waals surface area contributed by atoms with Crippen molar-refractivity contribution in [1.29, 1.82) is 0 Å². The van der Waals surface area contributed by atoms with Crippen LogP contribution in [0.4, 0.5) is 0 Å². The minimum atomic E-state index is -0.801. The van der Waals surface area contributed by atoms with Crippen LogP contribution in [-0.4, -0.2) is 58.7 Å². The van der Waals surface area contributed by atoms with E-state index < -0.39 is 23.3 Å². The average Bonchev–Trinajstić information content (AvgIpc) is 3.32. The summed E-state index contributed by atoms with van der Waals surface area (Å²) in [6.07, 6.45) is 6.21. The third-order valence-electron chi connectivity index (χ3n) is 8.08. The van der Waals surface area contributed by atoms with E-state index in [9.17, 15) is 33.6 Å². The molecule has 0 unspecified atom stereocenters. The molecule has 0 saturated carbocycles. The molecule has 0 radical (unpaired) electrons. The molecule has 1 aromatic rings. The van der Waals surface area contributed by atoms with E-state index in [0.29, 0.717) is 45.1 Å². The molecule has 1 heterocycles. The van der Waals surface area contributed by atoms with E-state index >= 15 is 0 Å². The Labute approximate surface area is 278 Å². The molecule has 47 heavy (non-hydrogen) atoms. The summed E-state index contributed by atoms with van der Waals surface area (Å²) in [7, 11) is 0. The van der Waals surface area contributed by atoms with E-state index in [-0.39, 0.29) is 73.5 Å². The number of imide groups is 1. The molecular weight excluding hydrogens is 602 g/mol. The predicted octanol–water partition coefficient (Wildman–Crippen LogP) is 4.13. The first-order valence-corrected chi connectivity index (χ1v) is 16.5. The van der Waals surface area contributed by atoms with Gasteiger partial charge < -0.3 is 15.8 Å². The molecule has 0 aromatic heterocycles. The Bertz CT molecular complexity index is 1290. The van der Waals surface area contributed by atoms with E-state index in [1.165, 1.54) is 17.1 Å². The number of rotatable bonds is 21. The smallest absolute Gasteiger partial charge is 0.311 e. The summed E-state index contributed by atoms with van der Waals surface area (Å²) >= 11 is 0. The average molecular weight is 654 g/mol. The summed E-state index contributed by atoms with van der Waals surface area (Å²) in [5, 5.41) is 2.90. The van der Waals surface area contributed by atoms with Crippen molar-refractivity contribution in [1.82, 2.24) is 10.2 Å². The summed E-state index contributed by atoms with van der Waals surface area (Å²) in [5.41, 5.74) is 6.18. The molecule has 11 nitrogen and oxygen atoms in total.